The fraction of sp³-hybridized carbons (Fsp3) is 0.318. The van der Waals surface area contributed by atoms with Crippen LogP contribution in [0.5, 0.6) is 0 Å². The highest BCUT2D eigenvalue weighted by Gasteiger charge is 2.20. The Bertz CT molecular complexity index is 1030. The highest BCUT2D eigenvalue weighted by molar-refractivity contribution is 5.79. The zero-order chi connectivity index (χ0) is 20.1. The fourth-order valence-electron chi connectivity index (χ4n) is 3.58. The lowest BCUT2D eigenvalue weighted by molar-refractivity contribution is -0.122. The van der Waals surface area contributed by atoms with Crippen LogP contribution in [-0.2, 0) is 16.1 Å². The Morgan fingerprint density at radius 1 is 1.07 bits per heavy atom. The molecule has 1 N–H and O–H groups in total. The molecule has 0 aliphatic carbocycles. The minimum atomic E-state index is -0.216. The van der Waals surface area contributed by atoms with Crippen molar-refractivity contribution in [3.8, 4) is 0 Å². The normalized spacial score (nSPS) is 15.9. The summed E-state index contributed by atoms with van der Waals surface area (Å²) in [5, 5.41) is 3.61. The predicted octanol–water partition coefficient (Wildman–Crippen LogP) is 1.59. The van der Waals surface area contributed by atoms with Gasteiger partial charge >= 0.3 is 0 Å². The van der Waals surface area contributed by atoms with Crippen molar-refractivity contribution in [1.29, 1.82) is 0 Å². The molecule has 7 nitrogen and oxygen atoms in total. The number of ether oxygens (including phenoxy) is 1. The minimum Gasteiger partial charge on any atom is -0.379 e. The molecule has 4 rings (SSSR count). The molecule has 1 saturated heterocycles. The Labute approximate surface area is 168 Å². The van der Waals surface area contributed by atoms with Gasteiger partial charge in [0.1, 0.15) is 6.54 Å². The quantitative estimate of drug-likeness (QED) is 0.689. The van der Waals surface area contributed by atoms with E-state index in [0.29, 0.717) is 30.7 Å². The number of aromatic nitrogens is 2. The van der Waals surface area contributed by atoms with Crippen LogP contribution in [0.3, 0.4) is 0 Å². The average Bonchev–Trinajstić information content (AvgIpc) is 2.77. The molecule has 1 aromatic heterocycles. The molecular weight excluding hydrogens is 368 g/mol. The first-order valence-electron chi connectivity index (χ1n) is 9.79. The van der Waals surface area contributed by atoms with Gasteiger partial charge in [0.2, 0.25) is 5.91 Å². The topological polar surface area (TPSA) is 76.5 Å². The standard InChI is InChI=1S/C22H24N4O3/c27-21(15-26-16-23-19-9-5-4-8-18(19)22(26)28)24-20(17-6-2-1-3-7-17)14-25-10-12-29-13-11-25/h1-9,16,20H,10-15H2,(H,24,27)/t20-/m0/s1. The monoisotopic (exact) mass is 392 g/mol. The van der Waals surface area contributed by atoms with Crippen molar-refractivity contribution in [2.45, 2.75) is 12.6 Å². The van der Waals surface area contributed by atoms with Crippen LogP contribution in [0.4, 0.5) is 0 Å². The molecule has 0 bridgehead atoms. The molecule has 1 aliphatic rings. The van der Waals surface area contributed by atoms with E-state index < -0.39 is 0 Å². The SMILES string of the molecule is O=C(Cn1cnc2ccccc2c1=O)N[C@@H](CN1CCOCC1)c1ccccc1. The van der Waals surface area contributed by atoms with Gasteiger partial charge in [-0.25, -0.2) is 4.98 Å². The van der Waals surface area contributed by atoms with E-state index >= 15 is 0 Å². The molecule has 1 amide bonds. The lowest BCUT2D eigenvalue weighted by Crippen LogP contribution is -2.44. The Kier molecular flexibility index (Phi) is 5.97. The molecule has 1 atom stereocenters. The van der Waals surface area contributed by atoms with Gasteiger partial charge in [0, 0.05) is 19.6 Å². The van der Waals surface area contributed by atoms with E-state index in [-0.39, 0.29) is 24.1 Å². The lowest BCUT2D eigenvalue weighted by atomic mass is 10.1. The van der Waals surface area contributed by atoms with Crippen LogP contribution in [-0.4, -0.2) is 53.2 Å². The Hall–Kier alpha value is -3.03. The number of hydrogen-bond acceptors (Lipinski definition) is 5. The number of carbonyl (C=O) groups excluding carboxylic acids is 1. The molecule has 0 radical (unpaired) electrons. The number of fused-ring (bicyclic) bond motifs is 1. The largest absolute Gasteiger partial charge is 0.379 e. The van der Waals surface area contributed by atoms with Crippen molar-refractivity contribution in [3.63, 3.8) is 0 Å². The number of nitrogens with zero attached hydrogens (tertiary/aromatic N) is 3. The van der Waals surface area contributed by atoms with Crippen LogP contribution in [0.25, 0.3) is 10.9 Å². The van der Waals surface area contributed by atoms with E-state index in [2.05, 4.69) is 15.2 Å². The van der Waals surface area contributed by atoms with E-state index in [1.54, 1.807) is 18.2 Å². The van der Waals surface area contributed by atoms with Crippen LogP contribution in [0.2, 0.25) is 0 Å². The van der Waals surface area contributed by atoms with Gasteiger partial charge in [-0.2, -0.15) is 0 Å². The number of rotatable bonds is 6. The minimum absolute atomic E-state index is 0.0664. The third kappa shape index (κ3) is 4.70. The third-order valence-corrected chi connectivity index (χ3v) is 5.13. The van der Waals surface area contributed by atoms with E-state index in [1.807, 2.05) is 36.4 Å². The Morgan fingerprint density at radius 2 is 1.79 bits per heavy atom. The molecule has 2 heterocycles. The van der Waals surface area contributed by atoms with E-state index in [0.717, 1.165) is 18.7 Å². The summed E-state index contributed by atoms with van der Waals surface area (Å²) in [5.74, 6) is -0.216. The van der Waals surface area contributed by atoms with Crippen molar-refractivity contribution < 1.29 is 9.53 Å². The predicted molar refractivity (Wildman–Crippen MR) is 111 cm³/mol. The second kappa shape index (κ2) is 8.98. The molecule has 3 aromatic rings. The fourth-order valence-corrected chi connectivity index (χ4v) is 3.58. The van der Waals surface area contributed by atoms with Gasteiger partial charge < -0.3 is 10.1 Å². The van der Waals surface area contributed by atoms with Gasteiger partial charge in [-0.1, -0.05) is 42.5 Å². The molecule has 7 heteroatoms. The summed E-state index contributed by atoms with van der Waals surface area (Å²) in [6, 6.07) is 16.9. The third-order valence-electron chi connectivity index (χ3n) is 5.13. The zero-order valence-corrected chi connectivity index (χ0v) is 16.2. The van der Waals surface area contributed by atoms with Crippen LogP contribution in [0.15, 0.2) is 65.7 Å². The second-order valence-electron chi connectivity index (χ2n) is 7.14. The highest BCUT2D eigenvalue weighted by Crippen LogP contribution is 2.15. The number of hydrogen-bond donors (Lipinski definition) is 1. The summed E-state index contributed by atoms with van der Waals surface area (Å²) in [6.07, 6.45) is 1.43. The van der Waals surface area contributed by atoms with Gasteiger partial charge in [-0.05, 0) is 17.7 Å². The van der Waals surface area contributed by atoms with Gasteiger partial charge in [-0.3, -0.25) is 19.1 Å². The van der Waals surface area contributed by atoms with Crippen LogP contribution >= 0.6 is 0 Å². The summed E-state index contributed by atoms with van der Waals surface area (Å²) in [4.78, 5) is 32.0. The van der Waals surface area contributed by atoms with E-state index in [1.165, 1.54) is 10.9 Å². The highest BCUT2D eigenvalue weighted by atomic mass is 16.5. The number of benzene rings is 2. The number of carbonyl (C=O) groups is 1. The molecule has 1 aliphatic heterocycles. The van der Waals surface area contributed by atoms with Crippen molar-refractivity contribution >= 4 is 16.8 Å². The molecule has 1 fully saturated rings. The maximum Gasteiger partial charge on any atom is 0.261 e. The van der Waals surface area contributed by atoms with Crippen LogP contribution in [0, 0.1) is 0 Å². The first-order valence-corrected chi connectivity index (χ1v) is 9.79. The average molecular weight is 392 g/mol. The summed E-state index contributed by atoms with van der Waals surface area (Å²) >= 11 is 0. The first-order chi connectivity index (χ1) is 14.2. The first kappa shape index (κ1) is 19.3. The Morgan fingerprint density at radius 3 is 2.59 bits per heavy atom. The number of morpholine rings is 1. The molecule has 0 saturated carbocycles. The van der Waals surface area contributed by atoms with Crippen molar-refractivity contribution in [1.82, 2.24) is 19.8 Å². The van der Waals surface area contributed by atoms with Crippen molar-refractivity contribution in [2.24, 2.45) is 0 Å². The maximum absolute atomic E-state index is 12.8. The van der Waals surface area contributed by atoms with Crippen molar-refractivity contribution in [2.75, 3.05) is 32.8 Å². The van der Waals surface area contributed by atoms with E-state index in [9.17, 15) is 9.59 Å². The van der Waals surface area contributed by atoms with Gasteiger partial charge in [0.25, 0.3) is 5.56 Å². The zero-order valence-electron chi connectivity index (χ0n) is 16.2. The van der Waals surface area contributed by atoms with Crippen LogP contribution in [0.1, 0.15) is 11.6 Å². The lowest BCUT2D eigenvalue weighted by Gasteiger charge is -2.31. The second-order valence-corrected chi connectivity index (χ2v) is 7.14. The molecule has 0 spiro atoms. The summed E-state index contributed by atoms with van der Waals surface area (Å²) in [5.41, 5.74) is 1.45. The Balaban J connectivity index is 1.50. The van der Waals surface area contributed by atoms with Gasteiger partial charge in [0.15, 0.2) is 0 Å². The van der Waals surface area contributed by atoms with Crippen molar-refractivity contribution in [3.05, 3.63) is 76.8 Å². The molecule has 29 heavy (non-hydrogen) atoms. The number of nitrogens with one attached hydrogen (secondary N) is 1. The van der Waals surface area contributed by atoms with Crippen LogP contribution < -0.4 is 10.9 Å². The van der Waals surface area contributed by atoms with E-state index in [4.69, 9.17) is 4.74 Å². The summed E-state index contributed by atoms with van der Waals surface area (Å²) in [7, 11) is 0. The maximum atomic E-state index is 12.8. The number of amides is 1. The van der Waals surface area contributed by atoms with Gasteiger partial charge in [-0.15, -0.1) is 0 Å². The molecule has 2 aromatic carbocycles. The molecular formula is C22H24N4O3. The molecule has 150 valence electrons. The summed E-state index contributed by atoms with van der Waals surface area (Å²) in [6.45, 7) is 3.72. The smallest absolute Gasteiger partial charge is 0.261 e. The summed E-state index contributed by atoms with van der Waals surface area (Å²) < 4.78 is 6.78. The number of para-hydroxylation sites is 1. The van der Waals surface area contributed by atoms with Gasteiger partial charge in [0.05, 0.1) is 36.5 Å². The molecule has 0 unspecified atom stereocenters.